The molecular weight excluding hydrogens is 320 g/mol. The van der Waals surface area contributed by atoms with Gasteiger partial charge in [-0.05, 0) is 18.9 Å². The van der Waals surface area contributed by atoms with E-state index in [0.717, 1.165) is 25.8 Å². The van der Waals surface area contributed by atoms with Gasteiger partial charge in [-0.3, -0.25) is 14.4 Å². The Morgan fingerprint density at radius 2 is 1.96 bits per heavy atom. The molecule has 3 rings (SSSR count). The van der Waals surface area contributed by atoms with E-state index in [9.17, 15) is 14.4 Å². The van der Waals surface area contributed by atoms with Crippen LogP contribution in [0.15, 0.2) is 29.1 Å². The zero-order valence-electron chi connectivity index (χ0n) is 14.1. The Hall–Kier alpha value is -2.70. The van der Waals surface area contributed by atoms with E-state index in [2.05, 4.69) is 15.5 Å². The van der Waals surface area contributed by atoms with Crippen LogP contribution in [0.4, 0.5) is 0 Å². The van der Waals surface area contributed by atoms with Crippen LogP contribution < -0.4 is 10.9 Å². The predicted octanol–water partition coefficient (Wildman–Crippen LogP) is 0.984. The maximum Gasteiger partial charge on any atom is 0.272 e. The molecule has 0 saturated carbocycles. The van der Waals surface area contributed by atoms with Crippen LogP contribution in [0.25, 0.3) is 10.8 Å². The second kappa shape index (κ2) is 7.92. The Bertz CT molecular complexity index is 830. The SMILES string of the molecule is O=C(Cc1n[nH]c(=O)c2ccccc12)NCCN1CCCCCC1=O. The van der Waals surface area contributed by atoms with Gasteiger partial charge in [0.2, 0.25) is 11.8 Å². The number of benzene rings is 1. The van der Waals surface area contributed by atoms with Crippen molar-refractivity contribution < 1.29 is 9.59 Å². The first-order valence-corrected chi connectivity index (χ1v) is 8.66. The number of rotatable bonds is 5. The van der Waals surface area contributed by atoms with Crippen LogP contribution in [-0.4, -0.2) is 46.5 Å². The molecule has 1 aromatic carbocycles. The Morgan fingerprint density at radius 1 is 1.16 bits per heavy atom. The summed E-state index contributed by atoms with van der Waals surface area (Å²) >= 11 is 0. The monoisotopic (exact) mass is 342 g/mol. The first kappa shape index (κ1) is 17.1. The van der Waals surface area contributed by atoms with E-state index in [4.69, 9.17) is 0 Å². The van der Waals surface area contributed by atoms with Crippen molar-refractivity contribution in [2.24, 2.45) is 0 Å². The molecule has 1 saturated heterocycles. The minimum atomic E-state index is -0.264. The van der Waals surface area contributed by atoms with Crippen LogP contribution in [0.5, 0.6) is 0 Å². The molecule has 2 heterocycles. The number of nitrogens with zero attached hydrogens (tertiary/aromatic N) is 2. The molecule has 0 bridgehead atoms. The molecule has 0 unspecified atom stereocenters. The topological polar surface area (TPSA) is 95.2 Å². The molecule has 1 aliphatic rings. The summed E-state index contributed by atoms with van der Waals surface area (Å²) in [6.07, 6.45) is 3.74. The summed E-state index contributed by atoms with van der Waals surface area (Å²) < 4.78 is 0. The number of aromatic amines is 1. The van der Waals surface area contributed by atoms with E-state index in [1.807, 2.05) is 11.0 Å². The van der Waals surface area contributed by atoms with Crippen molar-refractivity contribution >= 4 is 22.6 Å². The van der Waals surface area contributed by atoms with Gasteiger partial charge < -0.3 is 10.2 Å². The first-order chi connectivity index (χ1) is 12.1. The molecule has 25 heavy (non-hydrogen) atoms. The van der Waals surface area contributed by atoms with Gasteiger partial charge in [-0.1, -0.05) is 24.6 Å². The maximum atomic E-state index is 12.2. The lowest BCUT2D eigenvalue weighted by atomic mass is 10.1. The Morgan fingerprint density at radius 3 is 2.80 bits per heavy atom. The normalized spacial score (nSPS) is 15.2. The van der Waals surface area contributed by atoms with Gasteiger partial charge in [0.05, 0.1) is 17.5 Å². The van der Waals surface area contributed by atoms with E-state index in [0.29, 0.717) is 36.0 Å². The molecule has 132 valence electrons. The number of H-pyrrole nitrogens is 1. The van der Waals surface area contributed by atoms with Crippen LogP contribution in [0, 0.1) is 0 Å². The highest BCUT2D eigenvalue weighted by Crippen LogP contribution is 2.13. The lowest BCUT2D eigenvalue weighted by Crippen LogP contribution is -2.38. The summed E-state index contributed by atoms with van der Waals surface area (Å²) in [5, 5.41) is 10.5. The molecule has 0 atom stereocenters. The number of aromatic nitrogens is 2. The van der Waals surface area contributed by atoms with E-state index in [1.54, 1.807) is 18.2 Å². The average molecular weight is 342 g/mol. The van der Waals surface area contributed by atoms with Crippen LogP contribution in [0.2, 0.25) is 0 Å². The number of likely N-dealkylation sites (tertiary alicyclic amines) is 1. The zero-order chi connectivity index (χ0) is 17.6. The van der Waals surface area contributed by atoms with Crippen LogP contribution in [-0.2, 0) is 16.0 Å². The molecule has 7 nitrogen and oxygen atoms in total. The van der Waals surface area contributed by atoms with Gasteiger partial charge in [0.15, 0.2) is 0 Å². The predicted molar refractivity (Wildman–Crippen MR) is 94.1 cm³/mol. The van der Waals surface area contributed by atoms with Gasteiger partial charge in [-0.15, -0.1) is 0 Å². The van der Waals surface area contributed by atoms with Crippen molar-refractivity contribution in [3.05, 3.63) is 40.3 Å². The highest BCUT2D eigenvalue weighted by Gasteiger charge is 2.16. The number of carbonyl (C=O) groups is 2. The van der Waals surface area contributed by atoms with Crippen molar-refractivity contribution in [2.45, 2.75) is 32.1 Å². The van der Waals surface area contributed by atoms with Crippen molar-refractivity contribution in [1.29, 1.82) is 0 Å². The highest BCUT2D eigenvalue weighted by molar-refractivity contribution is 5.88. The number of fused-ring (bicyclic) bond motifs is 1. The average Bonchev–Trinajstić information content (AvgIpc) is 2.82. The number of amides is 2. The molecule has 1 fully saturated rings. The zero-order valence-corrected chi connectivity index (χ0v) is 14.1. The fraction of sp³-hybridized carbons (Fsp3) is 0.444. The largest absolute Gasteiger partial charge is 0.354 e. The van der Waals surface area contributed by atoms with Gasteiger partial charge in [0, 0.05) is 31.4 Å². The van der Waals surface area contributed by atoms with E-state index < -0.39 is 0 Å². The molecule has 2 N–H and O–H groups in total. The minimum Gasteiger partial charge on any atom is -0.354 e. The molecule has 1 aromatic heterocycles. The third-order valence-corrected chi connectivity index (χ3v) is 4.48. The standard InChI is InChI=1S/C18H22N4O3/c23-16(19-9-11-22-10-5-1-2-8-17(22)24)12-15-13-6-3-4-7-14(13)18(25)21-20-15/h3-4,6-7H,1-2,5,8-12H2,(H,19,23)(H,21,25). The van der Waals surface area contributed by atoms with Gasteiger partial charge in [-0.25, -0.2) is 5.10 Å². The molecule has 2 amide bonds. The Kier molecular flexibility index (Phi) is 5.42. The summed E-state index contributed by atoms with van der Waals surface area (Å²) in [6.45, 7) is 1.72. The molecule has 2 aromatic rings. The number of nitrogens with one attached hydrogen (secondary N) is 2. The van der Waals surface area contributed by atoms with Crippen molar-refractivity contribution in [3.8, 4) is 0 Å². The lowest BCUT2D eigenvalue weighted by molar-refractivity contribution is -0.131. The summed E-state index contributed by atoms with van der Waals surface area (Å²) in [6, 6.07) is 7.09. The van der Waals surface area contributed by atoms with E-state index in [1.165, 1.54) is 0 Å². The third-order valence-electron chi connectivity index (χ3n) is 4.48. The van der Waals surface area contributed by atoms with Crippen molar-refractivity contribution in [2.75, 3.05) is 19.6 Å². The Labute approximate surface area is 145 Å². The van der Waals surface area contributed by atoms with Gasteiger partial charge in [-0.2, -0.15) is 5.10 Å². The quantitative estimate of drug-likeness (QED) is 0.847. The van der Waals surface area contributed by atoms with Gasteiger partial charge >= 0.3 is 0 Å². The fourth-order valence-corrected chi connectivity index (χ4v) is 3.13. The number of hydrogen-bond donors (Lipinski definition) is 2. The minimum absolute atomic E-state index is 0.0885. The molecule has 1 aliphatic heterocycles. The molecule has 0 aliphatic carbocycles. The van der Waals surface area contributed by atoms with Gasteiger partial charge in [0.1, 0.15) is 0 Å². The fourth-order valence-electron chi connectivity index (χ4n) is 3.13. The Balaban J connectivity index is 1.57. The highest BCUT2D eigenvalue weighted by atomic mass is 16.2. The first-order valence-electron chi connectivity index (χ1n) is 8.66. The van der Waals surface area contributed by atoms with Crippen LogP contribution in [0.1, 0.15) is 31.4 Å². The molecule has 0 spiro atoms. The molecule has 7 heteroatoms. The summed E-state index contributed by atoms with van der Waals surface area (Å²) in [5.74, 6) is -0.00739. The number of carbonyl (C=O) groups excluding carboxylic acids is 2. The molecule has 0 radical (unpaired) electrons. The van der Waals surface area contributed by atoms with E-state index >= 15 is 0 Å². The second-order valence-electron chi connectivity index (χ2n) is 6.26. The second-order valence-corrected chi connectivity index (χ2v) is 6.26. The van der Waals surface area contributed by atoms with E-state index in [-0.39, 0.29) is 23.8 Å². The summed E-state index contributed by atoms with van der Waals surface area (Å²) in [7, 11) is 0. The smallest absolute Gasteiger partial charge is 0.272 e. The van der Waals surface area contributed by atoms with Crippen LogP contribution >= 0.6 is 0 Å². The lowest BCUT2D eigenvalue weighted by Gasteiger charge is -2.20. The van der Waals surface area contributed by atoms with Crippen LogP contribution in [0.3, 0.4) is 0 Å². The third kappa shape index (κ3) is 4.23. The van der Waals surface area contributed by atoms with Gasteiger partial charge in [0.25, 0.3) is 5.56 Å². The maximum absolute atomic E-state index is 12.2. The summed E-state index contributed by atoms with van der Waals surface area (Å²) in [5.41, 5.74) is 0.276. The molecular formula is C18H22N4O3. The van der Waals surface area contributed by atoms with Crippen molar-refractivity contribution in [1.82, 2.24) is 20.4 Å². The summed E-state index contributed by atoms with van der Waals surface area (Å²) in [4.78, 5) is 37.7. The number of hydrogen-bond acceptors (Lipinski definition) is 4. The van der Waals surface area contributed by atoms with Crippen molar-refractivity contribution in [3.63, 3.8) is 0 Å².